The minimum Gasteiger partial charge on any atom is -0.289 e. The lowest BCUT2D eigenvalue weighted by Gasteiger charge is -2.04. The quantitative estimate of drug-likeness (QED) is 0.556. The molecule has 0 aliphatic rings. The molecule has 16 heavy (non-hydrogen) atoms. The standard InChI is InChI=1S/C15H12O/c1-12(13-8-4-2-5-9-13)15(16)14-10-6-3-7-11-14/h2-11H,1H2. The van der Waals surface area contributed by atoms with Crippen molar-refractivity contribution >= 4 is 11.4 Å². The van der Waals surface area contributed by atoms with Gasteiger partial charge in [0.25, 0.3) is 0 Å². The number of hydrogen-bond acceptors (Lipinski definition) is 1. The molecule has 78 valence electrons. The lowest BCUT2D eigenvalue weighted by molar-refractivity contribution is 0.105. The summed E-state index contributed by atoms with van der Waals surface area (Å²) in [5.74, 6) is -0.0215. The topological polar surface area (TPSA) is 17.1 Å². The molecule has 0 fully saturated rings. The van der Waals surface area contributed by atoms with Crippen LogP contribution in [0.25, 0.3) is 5.57 Å². The number of carbonyl (C=O) groups is 1. The Morgan fingerprint density at radius 3 is 1.69 bits per heavy atom. The number of Topliss-reactive ketones (excluding diaryl/α,β-unsaturated/α-hetero) is 1. The molecule has 1 heteroatoms. The van der Waals surface area contributed by atoms with Crippen LogP contribution in [-0.2, 0) is 0 Å². The zero-order chi connectivity index (χ0) is 11.4. The number of rotatable bonds is 3. The number of carbonyl (C=O) groups excluding carboxylic acids is 1. The van der Waals surface area contributed by atoms with E-state index in [0.717, 1.165) is 5.56 Å². The fourth-order valence-electron chi connectivity index (χ4n) is 1.53. The van der Waals surface area contributed by atoms with Gasteiger partial charge in [-0.1, -0.05) is 67.2 Å². The molecule has 0 saturated heterocycles. The Hall–Kier alpha value is -2.15. The van der Waals surface area contributed by atoms with Gasteiger partial charge in [-0.3, -0.25) is 4.79 Å². The molecule has 0 radical (unpaired) electrons. The second-order valence-corrected chi connectivity index (χ2v) is 3.54. The number of benzene rings is 2. The summed E-state index contributed by atoms with van der Waals surface area (Å²) in [5, 5.41) is 0. The summed E-state index contributed by atoms with van der Waals surface area (Å²) in [5.41, 5.74) is 2.08. The largest absolute Gasteiger partial charge is 0.289 e. The third kappa shape index (κ3) is 2.09. The van der Waals surface area contributed by atoms with Gasteiger partial charge in [0.2, 0.25) is 0 Å². The fraction of sp³-hybridized carbons (Fsp3) is 0. The van der Waals surface area contributed by atoms with Crippen LogP contribution in [0.2, 0.25) is 0 Å². The van der Waals surface area contributed by atoms with E-state index in [1.165, 1.54) is 0 Å². The van der Waals surface area contributed by atoms with Crippen LogP contribution in [0.5, 0.6) is 0 Å². The highest BCUT2D eigenvalue weighted by Gasteiger charge is 2.10. The van der Waals surface area contributed by atoms with Crippen LogP contribution < -0.4 is 0 Å². The van der Waals surface area contributed by atoms with Crippen LogP contribution in [0.15, 0.2) is 67.2 Å². The average molecular weight is 208 g/mol. The van der Waals surface area contributed by atoms with Crippen LogP contribution in [-0.4, -0.2) is 5.78 Å². The Morgan fingerprint density at radius 2 is 1.19 bits per heavy atom. The molecule has 2 aromatic rings. The maximum Gasteiger partial charge on any atom is 0.193 e. The smallest absolute Gasteiger partial charge is 0.193 e. The van der Waals surface area contributed by atoms with E-state index in [4.69, 9.17) is 0 Å². The molecular weight excluding hydrogens is 196 g/mol. The van der Waals surface area contributed by atoms with Crippen LogP contribution in [0.4, 0.5) is 0 Å². The Balaban J connectivity index is 2.28. The maximum atomic E-state index is 12.0. The molecule has 0 aliphatic carbocycles. The normalized spacial score (nSPS) is 9.75. The molecule has 0 aliphatic heterocycles. The Labute approximate surface area is 95.1 Å². The molecule has 2 aromatic carbocycles. The van der Waals surface area contributed by atoms with Crippen LogP contribution >= 0.6 is 0 Å². The minimum atomic E-state index is -0.0215. The molecule has 0 heterocycles. The lowest BCUT2D eigenvalue weighted by Crippen LogP contribution is -2.00. The zero-order valence-electron chi connectivity index (χ0n) is 8.89. The first kappa shape index (κ1) is 10.4. The molecule has 0 amide bonds. The van der Waals surface area contributed by atoms with Crippen molar-refractivity contribution in [1.82, 2.24) is 0 Å². The molecule has 0 spiro atoms. The van der Waals surface area contributed by atoms with Gasteiger partial charge < -0.3 is 0 Å². The van der Waals surface area contributed by atoms with E-state index in [1.807, 2.05) is 48.5 Å². The fourth-order valence-corrected chi connectivity index (χ4v) is 1.53. The number of allylic oxidation sites excluding steroid dienone is 1. The second-order valence-electron chi connectivity index (χ2n) is 3.54. The van der Waals surface area contributed by atoms with E-state index >= 15 is 0 Å². The minimum absolute atomic E-state index is 0.0215. The second kappa shape index (κ2) is 4.58. The van der Waals surface area contributed by atoms with Crippen molar-refractivity contribution in [3.05, 3.63) is 78.4 Å². The Kier molecular flexibility index (Phi) is 2.97. The Bertz CT molecular complexity index is 448. The van der Waals surface area contributed by atoms with Gasteiger partial charge in [-0.15, -0.1) is 0 Å². The predicted molar refractivity (Wildman–Crippen MR) is 66.2 cm³/mol. The van der Waals surface area contributed by atoms with Gasteiger partial charge in [0, 0.05) is 11.1 Å². The van der Waals surface area contributed by atoms with Crippen LogP contribution in [0, 0.1) is 0 Å². The third-order valence-corrected chi connectivity index (χ3v) is 2.43. The van der Waals surface area contributed by atoms with Crippen LogP contribution in [0.1, 0.15) is 15.9 Å². The van der Waals surface area contributed by atoms with Gasteiger partial charge in [0.15, 0.2) is 5.78 Å². The third-order valence-electron chi connectivity index (χ3n) is 2.43. The van der Waals surface area contributed by atoms with Gasteiger partial charge in [-0.05, 0) is 5.56 Å². The number of ketones is 1. The molecule has 0 unspecified atom stereocenters. The Morgan fingerprint density at radius 1 is 0.750 bits per heavy atom. The SMILES string of the molecule is C=C(C(=O)c1ccccc1)c1ccccc1. The maximum absolute atomic E-state index is 12.0. The van der Waals surface area contributed by atoms with Gasteiger partial charge in [0.05, 0.1) is 0 Å². The first-order valence-corrected chi connectivity index (χ1v) is 5.13. The first-order chi connectivity index (χ1) is 7.79. The summed E-state index contributed by atoms with van der Waals surface area (Å²) in [4.78, 5) is 12.0. The molecule has 2 rings (SSSR count). The molecule has 0 saturated carbocycles. The molecule has 0 bridgehead atoms. The lowest BCUT2D eigenvalue weighted by atomic mass is 9.98. The highest BCUT2D eigenvalue weighted by atomic mass is 16.1. The highest BCUT2D eigenvalue weighted by molar-refractivity contribution is 6.28. The molecular formula is C15H12O. The summed E-state index contributed by atoms with van der Waals surface area (Å²) < 4.78 is 0. The summed E-state index contributed by atoms with van der Waals surface area (Å²) >= 11 is 0. The summed E-state index contributed by atoms with van der Waals surface area (Å²) in [6.45, 7) is 3.85. The summed E-state index contributed by atoms with van der Waals surface area (Å²) in [6, 6.07) is 18.7. The van der Waals surface area contributed by atoms with E-state index < -0.39 is 0 Å². The summed E-state index contributed by atoms with van der Waals surface area (Å²) in [6.07, 6.45) is 0. The van der Waals surface area contributed by atoms with Crippen molar-refractivity contribution < 1.29 is 4.79 Å². The molecule has 1 nitrogen and oxygen atoms in total. The first-order valence-electron chi connectivity index (χ1n) is 5.13. The van der Waals surface area contributed by atoms with Gasteiger partial charge in [-0.2, -0.15) is 0 Å². The average Bonchev–Trinajstić information content (AvgIpc) is 2.39. The zero-order valence-corrected chi connectivity index (χ0v) is 8.89. The van der Waals surface area contributed by atoms with Crippen molar-refractivity contribution in [3.8, 4) is 0 Å². The monoisotopic (exact) mass is 208 g/mol. The van der Waals surface area contributed by atoms with Crippen molar-refractivity contribution in [2.45, 2.75) is 0 Å². The van der Waals surface area contributed by atoms with Crippen LogP contribution in [0.3, 0.4) is 0 Å². The van der Waals surface area contributed by atoms with E-state index in [0.29, 0.717) is 11.1 Å². The van der Waals surface area contributed by atoms with E-state index in [9.17, 15) is 4.79 Å². The molecule has 0 N–H and O–H groups in total. The molecule has 0 atom stereocenters. The van der Waals surface area contributed by atoms with Crippen molar-refractivity contribution in [3.63, 3.8) is 0 Å². The summed E-state index contributed by atoms with van der Waals surface area (Å²) in [7, 11) is 0. The van der Waals surface area contributed by atoms with Crippen molar-refractivity contribution in [2.75, 3.05) is 0 Å². The predicted octanol–water partition coefficient (Wildman–Crippen LogP) is 3.58. The van der Waals surface area contributed by atoms with Gasteiger partial charge >= 0.3 is 0 Å². The van der Waals surface area contributed by atoms with Crippen molar-refractivity contribution in [2.24, 2.45) is 0 Å². The van der Waals surface area contributed by atoms with Gasteiger partial charge in [-0.25, -0.2) is 0 Å². The van der Waals surface area contributed by atoms with E-state index in [1.54, 1.807) is 12.1 Å². The van der Waals surface area contributed by atoms with Crippen molar-refractivity contribution in [1.29, 1.82) is 0 Å². The molecule has 0 aromatic heterocycles. The van der Waals surface area contributed by atoms with E-state index in [2.05, 4.69) is 6.58 Å². The highest BCUT2D eigenvalue weighted by Crippen LogP contribution is 2.17. The van der Waals surface area contributed by atoms with E-state index in [-0.39, 0.29) is 5.78 Å². The van der Waals surface area contributed by atoms with Gasteiger partial charge in [0.1, 0.15) is 0 Å². The number of hydrogen-bond donors (Lipinski definition) is 0.